The van der Waals surface area contributed by atoms with Crippen LogP contribution in [-0.2, 0) is 15.4 Å². The summed E-state index contributed by atoms with van der Waals surface area (Å²) in [5.74, 6) is 4.68. The van der Waals surface area contributed by atoms with E-state index in [9.17, 15) is 17.7 Å². The van der Waals surface area contributed by atoms with E-state index in [0.29, 0.717) is 0 Å². The van der Waals surface area contributed by atoms with Crippen molar-refractivity contribution in [2.24, 2.45) is 5.90 Å². The summed E-state index contributed by atoms with van der Waals surface area (Å²) in [6.07, 6.45) is -4.42. The van der Waals surface area contributed by atoms with Crippen LogP contribution in [-0.4, -0.2) is 6.66 Å². The molecule has 0 bridgehead atoms. The molecular formula is C8H9F3NO3P. The molecular weight excluding hydrogens is 246 g/mol. The lowest BCUT2D eigenvalue weighted by Gasteiger charge is -2.12. The number of rotatable bonds is 3. The molecule has 0 amide bonds. The third-order valence-electron chi connectivity index (χ3n) is 1.64. The lowest BCUT2D eigenvalue weighted by Crippen LogP contribution is -2.05. The number of hydrogen-bond acceptors (Lipinski definition) is 4. The van der Waals surface area contributed by atoms with Gasteiger partial charge in [-0.15, -0.1) is 0 Å². The molecule has 0 saturated heterocycles. The smallest absolute Gasteiger partial charge is 0.416 e. The van der Waals surface area contributed by atoms with Crippen LogP contribution in [0.1, 0.15) is 5.56 Å². The summed E-state index contributed by atoms with van der Waals surface area (Å²) in [6, 6.07) is 3.70. The highest BCUT2D eigenvalue weighted by Gasteiger charge is 2.30. The molecule has 1 aromatic carbocycles. The van der Waals surface area contributed by atoms with Gasteiger partial charge in [0.05, 0.1) is 12.2 Å². The quantitative estimate of drug-likeness (QED) is 0.666. The molecule has 1 atom stereocenters. The predicted molar refractivity (Wildman–Crippen MR) is 50.9 cm³/mol. The van der Waals surface area contributed by atoms with Gasteiger partial charge in [0, 0.05) is 0 Å². The van der Waals surface area contributed by atoms with E-state index in [-0.39, 0.29) is 5.75 Å². The summed E-state index contributed by atoms with van der Waals surface area (Å²) in [5, 5.41) is 0. The Kier molecular flexibility index (Phi) is 3.62. The van der Waals surface area contributed by atoms with Gasteiger partial charge < -0.3 is 4.52 Å². The van der Waals surface area contributed by atoms with Crippen molar-refractivity contribution in [2.45, 2.75) is 6.18 Å². The first-order chi connectivity index (χ1) is 7.24. The third-order valence-corrected chi connectivity index (χ3v) is 2.57. The maximum Gasteiger partial charge on any atom is 0.416 e. The fourth-order valence-electron chi connectivity index (χ4n) is 0.918. The second kappa shape index (κ2) is 4.45. The Morgan fingerprint density at radius 3 is 2.12 bits per heavy atom. The zero-order valence-corrected chi connectivity index (χ0v) is 9.09. The SMILES string of the molecule is CP(=O)(ON)Oc1ccc(C(F)(F)F)cc1. The van der Waals surface area contributed by atoms with Crippen LogP contribution in [0.5, 0.6) is 5.75 Å². The maximum atomic E-state index is 12.2. The van der Waals surface area contributed by atoms with E-state index in [1.54, 1.807) is 0 Å². The fourth-order valence-corrected chi connectivity index (χ4v) is 1.47. The first kappa shape index (κ1) is 13.0. The molecule has 0 heterocycles. The van der Waals surface area contributed by atoms with Gasteiger partial charge in [-0.2, -0.15) is 13.2 Å². The molecule has 8 heteroatoms. The first-order valence-electron chi connectivity index (χ1n) is 4.07. The number of hydrogen-bond donors (Lipinski definition) is 1. The molecule has 4 nitrogen and oxygen atoms in total. The minimum Gasteiger partial charge on any atom is -0.424 e. The molecule has 0 saturated carbocycles. The number of nitrogens with two attached hydrogens (primary N) is 1. The van der Waals surface area contributed by atoms with Crippen LogP contribution >= 0.6 is 7.60 Å². The van der Waals surface area contributed by atoms with Crippen molar-refractivity contribution in [3.63, 3.8) is 0 Å². The lowest BCUT2D eigenvalue weighted by molar-refractivity contribution is -0.137. The topological polar surface area (TPSA) is 61.5 Å². The maximum absolute atomic E-state index is 12.2. The van der Waals surface area contributed by atoms with E-state index in [0.717, 1.165) is 30.9 Å². The van der Waals surface area contributed by atoms with Gasteiger partial charge in [0.1, 0.15) is 5.75 Å². The van der Waals surface area contributed by atoms with Gasteiger partial charge in [-0.05, 0) is 24.3 Å². The van der Waals surface area contributed by atoms with Gasteiger partial charge in [-0.25, -0.2) is 15.1 Å². The van der Waals surface area contributed by atoms with E-state index < -0.39 is 19.3 Å². The van der Waals surface area contributed by atoms with Crippen molar-refractivity contribution in [2.75, 3.05) is 6.66 Å². The van der Waals surface area contributed by atoms with Crippen LogP contribution in [0.4, 0.5) is 13.2 Å². The number of halogens is 3. The average Bonchev–Trinajstić information content (AvgIpc) is 2.16. The molecule has 0 aliphatic heterocycles. The Labute approximate surface area is 89.6 Å². The molecule has 90 valence electrons. The summed E-state index contributed by atoms with van der Waals surface area (Å²) in [6.45, 7) is 1.10. The minimum absolute atomic E-state index is 0.00992. The molecule has 0 aliphatic rings. The molecule has 0 aromatic heterocycles. The first-order valence-corrected chi connectivity index (χ1v) is 6.06. The van der Waals surface area contributed by atoms with Crippen LogP contribution in [0.2, 0.25) is 0 Å². The highest BCUT2D eigenvalue weighted by Crippen LogP contribution is 2.42. The standard InChI is InChI=1S/C8H9F3NO3P/c1-16(13,15-12)14-7-4-2-6(3-5-7)8(9,10)11/h2-5H,12H2,1H3. The number of alkyl halides is 3. The van der Waals surface area contributed by atoms with Crippen LogP contribution in [0, 0.1) is 0 Å². The van der Waals surface area contributed by atoms with Gasteiger partial charge in [0.25, 0.3) is 0 Å². The van der Waals surface area contributed by atoms with Crippen LogP contribution in [0.3, 0.4) is 0 Å². The molecule has 0 aliphatic carbocycles. The van der Waals surface area contributed by atoms with Crippen molar-refractivity contribution >= 4 is 7.60 Å². The zero-order valence-electron chi connectivity index (χ0n) is 8.19. The fraction of sp³-hybridized carbons (Fsp3) is 0.250. The van der Waals surface area contributed by atoms with Crippen LogP contribution < -0.4 is 10.4 Å². The van der Waals surface area contributed by atoms with Crippen LogP contribution in [0.25, 0.3) is 0 Å². The Bertz CT molecular complexity index is 404. The van der Waals surface area contributed by atoms with Gasteiger partial charge in [-0.1, -0.05) is 0 Å². The molecule has 1 unspecified atom stereocenters. The van der Waals surface area contributed by atoms with Gasteiger partial charge in [0.15, 0.2) is 0 Å². The van der Waals surface area contributed by atoms with E-state index in [1.807, 2.05) is 0 Å². The van der Waals surface area contributed by atoms with Gasteiger partial charge >= 0.3 is 13.8 Å². The largest absolute Gasteiger partial charge is 0.424 e. The van der Waals surface area contributed by atoms with Gasteiger partial charge in [-0.3, -0.25) is 0 Å². The van der Waals surface area contributed by atoms with Crippen LogP contribution in [0.15, 0.2) is 24.3 Å². The van der Waals surface area contributed by atoms with E-state index in [4.69, 9.17) is 4.52 Å². The van der Waals surface area contributed by atoms with Crippen molar-refractivity contribution < 1.29 is 26.9 Å². The molecule has 2 N–H and O–H groups in total. The predicted octanol–water partition coefficient (Wildman–Crippen LogP) is 2.80. The second-order valence-corrected chi connectivity index (χ2v) is 4.93. The summed E-state index contributed by atoms with van der Waals surface area (Å²) in [7, 11) is -3.45. The Morgan fingerprint density at radius 1 is 1.25 bits per heavy atom. The Morgan fingerprint density at radius 2 is 1.75 bits per heavy atom. The molecule has 16 heavy (non-hydrogen) atoms. The normalized spacial score (nSPS) is 15.6. The summed E-state index contributed by atoms with van der Waals surface area (Å²) in [5.41, 5.74) is -0.820. The van der Waals surface area contributed by atoms with E-state index in [2.05, 4.69) is 10.5 Å². The highest BCUT2D eigenvalue weighted by molar-refractivity contribution is 7.53. The molecule has 0 spiro atoms. The molecule has 0 radical (unpaired) electrons. The third kappa shape index (κ3) is 3.52. The molecule has 1 rings (SSSR count). The highest BCUT2D eigenvalue weighted by atomic mass is 31.2. The van der Waals surface area contributed by atoms with Crippen molar-refractivity contribution in [3.8, 4) is 5.75 Å². The second-order valence-electron chi connectivity index (χ2n) is 2.99. The van der Waals surface area contributed by atoms with Crippen molar-refractivity contribution in [1.29, 1.82) is 0 Å². The summed E-state index contributed by atoms with van der Waals surface area (Å²) < 4.78 is 56.6. The monoisotopic (exact) mass is 255 g/mol. The van der Waals surface area contributed by atoms with Crippen molar-refractivity contribution in [3.05, 3.63) is 29.8 Å². The molecule has 1 aromatic rings. The van der Waals surface area contributed by atoms with E-state index in [1.165, 1.54) is 0 Å². The zero-order chi connectivity index (χ0) is 12.4. The lowest BCUT2D eigenvalue weighted by atomic mass is 10.2. The molecule has 0 fully saturated rings. The average molecular weight is 255 g/mol. The Balaban J connectivity index is 2.84. The van der Waals surface area contributed by atoms with Gasteiger partial charge in [0.2, 0.25) is 0 Å². The Hall–Kier alpha value is -1.04. The van der Waals surface area contributed by atoms with E-state index >= 15 is 0 Å². The summed E-state index contributed by atoms with van der Waals surface area (Å²) in [4.78, 5) is 0. The number of benzene rings is 1. The van der Waals surface area contributed by atoms with Crippen molar-refractivity contribution in [1.82, 2.24) is 0 Å². The summed E-state index contributed by atoms with van der Waals surface area (Å²) >= 11 is 0. The minimum atomic E-state index is -4.42.